The summed E-state index contributed by atoms with van der Waals surface area (Å²) in [5, 5.41) is 0. The summed E-state index contributed by atoms with van der Waals surface area (Å²) in [4.78, 5) is 37.9. The molecule has 0 saturated carbocycles. The summed E-state index contributed by atoms with van der Waals surface area (Å²) in [6, 6.07) is 0. The normalized spacial score (nSPS) is 12.8. The van der Waals surface area contributed by atoms with E-state index in [9.17, 15) is 14.4 Å². The number of ether oxygens (including phenoxy) is 3. The molecule has 0 fully saturated rings. The molecule has 0 aromatic carbocycles. The Kier molecular flexibility index (Phi) is 54.9. The quantitative estimate of drug-likeness (QED) is 0.0262. The van der Waals surface area contributed by atoms with Gasteiger partial charge in [0.25, 0.3) is 0 Å². The Balaban J connectivity index is 4.10. The van der Waals surface area contributed by atoms with Crippen molar-refractivity contribution in [3.05, 3.63) is 97.2 Å². The highest BCUT2D eigenvalue weighted by molar-refractivity contribution is 5.71. The number of esters is 3. The van der Waals surface area contributed by atoms with Crippen LogP contribution in [0.25, 0.3) is 0 Å². The fourth-order valence-electron chi connectivity index (χ4n) is 7.93. The maximum atomic E-state index is 12.8. The predicted octanol–water partition coefficient (Wildman–Crippen LogP) is 19.7. The van der Waals surface area contributed by atoms with E-state index >= 15 is 0 Å². The Morgan fingerprint density at radius 1 is 0.300 bits per heavy atom. The van der Waals surface area contributed by atoms with Crippen molar-refractivity contribution in [3.63, 3.8) is 0 Å². The molecule has 1 atom stereocenters. The minimum absolute atomic E-state index is 0.0819. The molecule has 0 aromatic heterocycles. The Hall–Kier alpha value is -3.67. The van der Waals surface area contributed by atoms with E-state index in [0.717, 1.165) is 122 Å². The van der Waals surface area contributed by atoms with Gasteiger partial charge in [0.05, 0.1) is 0 Å². The monoisotopic (exact) mass is 973 g/mol. The van der Waals surface area contributed by atoms with Crippen molar-refractivity contribution in [2.45, 2.75) is 277 Å². The molecule has 1 unspecified atom stereocenters. The van der Waals surface area contributed by atoms with E-state index in [4.69, 9.17) is 14.2 Å². The average Bonchev–Trinajstić information content (AvgIpc) is 3.36. The summed E-state index contributed by atoms with van der Waals surface area (Å²) in [5.41, 5.74) is 0. The number of hydrogen-bond donors (Lipinski definition) is 0. The number of unbranched alkanes of at least 4 members (excludes halogenated alkanes) is 25. The van der Waals surface area contributed by atoms with Crippen LogP contribution in [0, 0.1) is 0 Å². The maximum absolute atomic E-state index is 12.8. The van der Waals surface area contributed by atoms with Crippen LogP contribution in [0.4, 0.5) is 0 Å². The molecule has 6 heteroatoms. The van der Waals surface area contributed by atoms with Gasteiger partial charge in [-0.25, -0.2) is 0 Å². The molecule has 0 aliphatic carbocycles. The van der Waals surface area contributed by atoms with Crippen LogP contribution in [0.3, 0.4) is 0 Å². The molecule has 0 aliphatic rings. The third-order valence-corrected chi connectivity index (χ3v) is 12.3. The van der Waals surface area contributed by atoms with Gasteiger partial charge in [-0.1, -0.05) is 253 Å². The molecule has 0 saturated heterocycles. The van der Waals surface area contributed by atoms with Crippen molar-refractivity contribution in [2.24, 2.45) is 0 Å². The van der Waals surface area contributed by atoms with Crippen molar-refractivity contribution in [3.8, 4) is 0 Å². The Morgan fingerprint density at radius 2 is 0.571 bits per heavy atom. The lowest BCUT2D eigenvalue weighted by Crippen LogP contribution is -2.30. The van der Waals surface area contributed by atoms with Gasteiger partial charge in [0.2, 0.25) is 0 Å². The second-order valence-electron chi connectivity index (χ2n) is 19.2. The van der Waals surface area contributed by atoms with Gasteiger partial charge in [0.1, 0.15) is 13.2 Å². The highest BCUT2D eigenvalue weighted by Gasteiger charge is 2.19. The molecule has 70 heavy (non-hydrogen) atoms. The maximum Gasteiger partial charge on any atom is 0.306 e. The second-order valence-corrected chi connectivity index (χ2v) is 19.2. The molecule has 0 rings (SSSR count). The van der Waals surface area contributed by atoms with Crippen molar-refractivity contribution in [1.82, 2.24) is 0 Å². The van der Waals surface area contributed by atoms with E-state index in [1.54, 1.807) is 0 Å². The van der Waals surface area contributed by atoms with Crippen LogP contribution in [0.1, 0.15) is 271 Å². The zero-order valence-corrected chi connectivity index (χ0v) is 45.8. The first-order valence-corrected chi connectivity index (χ1v) is 29.2. The van der Waals surface area contributed by atoms with Crippen LogP contribution >= 0.6 is 0 Å². The molecule has 0 aromatic rings. The van der Waals surface area contributed by atoms with Crippen molar-refractivity contribution < 1.29 is 28.6 Å². The van der Waals surface area contributed by atoms with Crippen molar-refractivity contribution in [2.75, 3.05) is 13.2 Å². The van der Waals surface area contributed by atoms with Gasteiger partial charge in [-0.2, -0.15) is 0 Å². The van der Waals surface area contributed by atoms with E-state index in [0.29, 0.717) is 19.3 Å². The predicted molar refractivity (Wildman–Crippen MR) is 302 cm³/mol. The Bertz CT molecular complexity index is 1400. The summed E-state index contributed by atoms with van der Waals surface area (Å²) in [6.45, 7) is 6.43. The van der Waals surface area contributed by atoms with Gasteiger partial charge < -0.3 is 14.2 Å². The first-order valence-electron chi connectivity index (χ1n) is 29.2. The highest BCUT2D eigenvalue weighted by atomic mass is 16.6. The Morgan fingerprint density at radius 3 is 0.914 bits per heavy atom. The van der Waals surface area contributed by atoms with Crippen molar-refractivity contribution >= 4 is 17.9 Å². The number of carbonyl (C=O) groups excluding carboxylic acids is 3. The molecule has 400 valence electrons. The van der Waals surface area contributed by atoms with E-state index < -0.39 is 6.10 Å². The molecular formula is C64H108O6. The molecule has 0 radical (unpaired) electrons. The second kappa shape index (κ2) is 57.9. The molecule has 0 heterocycles. The number of allylic oxidation sites excluding steroid dienone is 16. The van der Waals surface area contributed by atoms with Crippen LogP contribution in [0.15, 0.2) is 97.2 Å². The van der Waals surface area contributed by atoms with Gasteiger partial charge in [-0.15, -0.1) is 0 Å². The highest BCUT2D eigenvalue weighted by Crippen LogP contribution is 2.15. The molecule has 0 amide bonds. The van der Waals surface area contributed by atoms with Crippen molar-refractivity contribution in [1.29, 1.82) is 0 Å². The van der Waals surface area contributed by atoms with Gasteiger partial charge in [-0.05, 0) is 96.3 Å². The average molecular weight is 974 g/mol. The van der Waals surface area contributed by atoms with Crippen LogP contribution in [-0.4, -0.2) is 37.2 Å². The van der Waals surface area contributed by atoms with Crippen LogP contribution in [0.2, 0.25) is 0 Å². The minimum Gasteiger partial charge on any atom is -0.462 e. The lowest BCUT2D eigenvalue weighted by molar-refractivity contribution is -0.167. The molecule has 0 N–H and O–H groups in total. The zero-order valence-electron chi connectivity index (χ0n) is 45.8. The molecule has 6 nitrogen and oxygen atoms in total. The third-order valence-electron chi connectivity index (χ3n) is 12.3. The summed E-state index contributed by atoms with van der Waals surface area (Å²) >= 11 is 0. The van der Waals surface area contributed by atoms with Gasteiger partial charge in [0.15, 0.2) is 6.10 Å². The number of rotatable bonds is 52. The summed E-state index contributed by atoms with van der Waals surface area (Å²) < 4.78 is 16.8. The third kappa shape index (κ3) is 55.3. The summed E-state index contributed by atoms with van der Waals surface area (Å²) in [6.07, 6.45) is 77.1. The molecule has 0 spiro atoms. The fraction of sp³-hybridized carbons (Fsp3) is 0.703. The van der Waals surface area contributed by atoms with E-state index in [-0.39, 0.29) is 31.1 Å². The summed E-state index contributed by atoms with van der Waals surface area (Å²) in [7, 11) is 0. The van der Waals surface area contributed by atoms with E-state index in [1.165, 1.54) is 109 Å². The molecule has 0 aliphatic heterocycles. The molecular weight excluding hydrogens is 865 g/mol. The lowest BCUT2D eigenvalue weighted by Gasteiger charge is -2.18. The van der Waals surface area contributed by atoms with Gasteiger partial charge in [-0.3, -0.25) is 14.4 Å². The standard InChI is InChI=1S/C64H108O6/c1-4-7-10-13-16-18-20-22-24-25-26-27-28-29-30-31-32-33-34-35-36-37-38-39-40-42-43-45-48-51-54-57-63(66)69-60-61(59-68-62(65)56-53-50-47-15-12-9-6-3)70-64(67)58-55-52-49-46-44-41-23-21-19-17-14-11-8-5-2/h7,10,14,16-18,21-24,26-27,29-30,32-33,61H,4-6,8-9,11-13,15,19-20,25,28,31,34-60H2,1-3H3/b10-7-,17-14-,18-16-,23-21-,24-22-,27-26-,30-29-,33-32-. The topological polar surface area (TPSA) is 78.9 Å². The molecule has 0 bridgehead atoms. The van der Waals surface area contributed by atoms with Crippen LogP contribution in [0.5, 0.6) is 0 Å². The fourth-order valence-corrected chi connectivity index (χ4v) is 7.93. The van der Waals surface area contributed by atoms with Crippen LogP contribution in [-0.2, 0) is 28.6 Å². The zero-order chi connectivity index (χ0) is 50.7. The van der Waals surface area contributed by atoms with E-state index in [2.05, 4.69) is 118 Å². The SMILES string of the molecule is CC/C=C\C/C=C\C/C=C\C/C=C\C/C=C\C/C=C\CCCCCCCCCCCCCCC(=O)OCC(COC(=O)CCCCCCCCC)OC(=O)CCCCCCC/C=C\C/C=C\CCCC. The van der Waals surface area contributed by atoms with Gasteiger partial charge in [0, 0.05) is 19.3 Å². The first-order chi connectivity index (χ1) is 34.5. The summed E-state index contributed by atoms with van der Waals surface area (Å²) in [5.74, 6) is -0.902. The number of carbonyl (C=O) groups is 3. The lowest BCUT2D eigenvalue weighted by atomic mass is 10.0. The minimum atomic E-state index is -0.781. The number of hydrogen-bond acceptors (Lipinski definition) is 6. The first kappa shape index (κ1) is 66.3. The van der Waals surface area contributed by atoms with Gasteiger partial charge >= 0.3 is 17.9 Å². The smallest absolute Gasteiger partial charge is 0.306 e. The van der Waals surface area contributed by atoms with E-state index in [1.807, 2.05) is 0 Å². The van der Waals surface area contributed by atoms with Crippen LogP contribution < -0.4 is 0 Å². The largest absolute Gasteiger partial charge is 0.462 e. The Labute approximate surface area is 432 Å².